The lowest BCUT2D eigenvalue weighted by molar-refractivity contribution is -0.137. The standard InChI is InChI=1S/C13H7Cl2F3N2O/c14-7-1-3-8(4-2-7)20-12(21)11-10(15)9(5-6-19-11)13(16,17)18/h1-6H,(H,20,21). The average Bonchev–Trinajstić information content (AvgIpc) is 2.40. The molecule has 1 heterocycles. The molecule has 0 aliphatic carbocycles. The smallest absolute Gasteiger partial charge is 0.321 e. The topological polar surface area (TPSA) is 42.0 Å². The summed E-state index contributed by atoms with van der Waals surface area (Å²) in [4.78, 5) is 15.5. The quantitative estimate of drug-likeness (QED) is 0.867. The number of amides is 1. The molecule has 0 fully saturated rings. The number of anilines is 1. The van der Waals surface area contributed by atoms with Crippen LogP contribution in [0.3, 0.4) is 0 Å². The van der Waals surface area contributed by atoms with Crippen LogP contribution in [0.5, 0.6) is 0 Å². The van der Waals surface area contributed by atoms with E-state index in [1.165, 1.54) is 24.3 Å². The molecule has 2 rings (SSSR count). The highest BCUT2D eigenvalue weighted by Crippen LogP contribution is 2.35. The molecule has 110 valence electrons. The molecular weight excluding hydrogens is 328 g/mol. The van der Waals surface area contributed by atoms with E-state index in [9.17, 15) is 18.0 Å². The molecule has 1 N–H and O–H groups in total. The Hall–Kier alpha value is -1.79. The Labute approximate surface area is 127 Å². The first kappa shape index (κ1) is 15.6. The Morgan fingerprint density at radius 1 is 1.10 bits per heavy atom. The summed E-state index contributed by atoms with van der Waals surface area (Å²) < 4.78 is 38.1. The van der Waals surface area contributed by atoms with Gasteiger partial charge in [-0.3, -0.25) is 4.79 Å². The van der Waals surface area contributed by atoms with Crippen LogP contribution in [-0.2, 0) is 6.18 Å². The number of benzene rings is 1. The van der Waals surface area contributed by atoms with Gasteiger partial charge in [0.05, 0.1) is 10.6 Å². The van der Waals surface area contributed by atoms with Gasteiger partial charge in [-0.2, -0.15) is 13.2 Å². The van der Waals surface area contributed by atoms with E-state index in [-0.39, 0.29) is 0 Å². The molecule has 1 aromatic carbocycles. The number of hydrogen-bond acceptors (Lipinski definition) is 2. The second-order valence-electron chi connectivity index (χ2n) is 3.98. The lowest BCUT2D eigenvalue weighted by Crippen LogP contribution is -2.17. The van der Waals surface area contributed by atoms with Crippen LogP contribution in [0.15, 0.2) is 36.5 Å². The summed E-state index contributed by atoms with van der Waals surface area (Å²) in [5.74, 6) is -0.839. The van der Waals surface area contributed by atoms with E-state index in [1.54, 1.807) is 0 Å². The Morgan fingerprint density at radius 2 is 1.71 bits per heavy atom. The van der Waals surface area contributed by atoms with Crippen molar-refractivity contribution in [3.63, 3.8) is 0 Å². The van der Waals surface area contributed by atoms with Gasteiger partial charge in [0.1, 0.15) is 5.69 Å². The fourth-order valence-electron chi connectivity index (χ4n) is 1.54. The SMILES string of the molecule is O=C(Nc1ccc(Cl)cc1)c1nccc(C(F)(F)F)c1Cl. The minimum Gasteiger partial charge on any atom is -0.321 e. The van der Waals surface area contributed by atoms with Gasteiger partial charge in [-0.25, -0.2) is 4.98 Å². The van der Waals surface area contributed by atoms with Crippen molar-refractivity contribution in [2.75, 3.05) is 5.32 Å². The third-order valence-electron chi connectivity index (χ3n) is 2.51. The minimum absolute atomic E-state index is 0.361. The van der Waals surface area contributed by atoms with Crippen LogP contribution in [0.4, 0.5) is 18.9 Å². The van der Waals surface area contributed by atoms with E-state index >= 15 is 0 Å². The van der Waals surface area contributed by atoms with Crippen LogP contribution in [0, 0.1) is 0 Å². The molecule has 0 saturated heterocycles. The molecule has 0 aliphatic heterocycles. The lowest BCUT2D eigenvalue weighted by Gasteiger charge is -2.11. The first-order chi connectivity index (χ1) is 9.79. The molecule has 0 unspecified atom stereocenters. The highest BCUT2D eigenvalue weighted by molar-refractivity contribution is 6.35. The molecule has 0 atom stereocenters. The molecule has 0 aliphatic rings. The maximum absolute atomic E-state index is 12.7. The molecule has 1 aromatic heterocycles. The molecule has 1 amide bonds. The zero-order chi connectivity index (χ0) is 15.6. The van der Waals surface area contributed by atoms with Crippen molar-refractivity contribution in [2.45, 2.75) is 6.18 Å². The Morgan fingerprint density at radius 3 is 2.29 bits per heavy atom. The largest absolute Gasteiger partial charge is 0.417 e. The summed E-state index contributed by atoms with van der Waals surface area (Å²) in [5, 5.41) is 2.11. The molecular formula is C13H7Cl2F3N2O. The number of carbonyl (C=O) groups excluding carboxylic acids is 1. The highest BCUT2D eigenvalue weighted by Gasteiger charge is 2.35. The lowest BCUT2D eigenvalue weighted by atomic mass is 10.2. The molecule has 21 heavy (non-hydrogen) atoms. The summed E-state index contributed by atoms with van der Waals surface area (Å²) >= 11 is 11.3. The van der Waals surface area contributed by atoms with Crippen molar-refractivity contribution < 1.29 is 18.0 Å². The second-order valence-corrected chi connectivity index (χ2v) is 4.79. The molecule has 3 nitrogen and oxygen atoms in total. The van der Waals surface area contributed by atoms with Gasteiger partial charge in [0.15, 0.2) is 0 Å². The van der Waals surface area contributed by atoms with Crippen LogP contribution in [0.1, 0.15) is 16.1 Å². The summed E-state index contributed by atoms with van der Waals surface area (Å²) in [5.41, 5.74) is -1.25. The van der Waals surface area contributed by atoms with Gasteiger partial charge in [0.25, 0.3) is 5.91 Å². The average molecular weight is 335 g/mol. The van der Waals surface area contributed by atoms with Gasteiger partial charge in [-0.1, -0.05) is 23.2 Å². The van der Waals surface area contributed by atoms with Crippen LogP contribution >= 0.6 is 23.2 Å². The number of nitrogens with zero attached hydrogens (tertiary/aromatic N) is 1. The third kappa shape index (κ3) is 3.65. The molecule has 0 spiro atoms. The predicted octanol–water partition coefficient (Wildman–Crippen LogP) is 4.66. The minimum atomic E-state index is -4.66. The van der Waals surface area contributed by atoms with Crippen molar-refractivity contribution in [1.29, 1.82) is 0 Å². The Bertz CT molecular complexity index is 672. The first-order valence-corrected chi connectivity index (χ1v) is 6.33. The number of nitrogens with one attached hydrogen (secondary N) is 1. The van der Waals surface area contributed by atoms with Gasteiger partial charge < -0.3 is 5.32 Å². The van der Waals surface area contributed by atoms with Crippen LogP contribution in [0.2, 0.25) is 10.0 Å². The predicted molar refractivity (Wildman–Crippen MR) is 73.7 cm³/mol. The molecule has 0 saturated carbocycles. The molecule has 0 bridgehead atoms. The van der Waals surface area contributed by atoms with E-state index < -0.39 is 28.4 Å². The number of hydrogen-bond donors (Lipinski definition) is 1. The second kappa shape index (κ2) is 5.91. The van der Waals surface area contributed by atoms with Crippen molar-refractivity contribution in [1.82, 2.24) is 4.98 Å². The van der Waals surface area contributed by atoms with E-state index in [4.69, 9.17) is 23.2 Å². The van der Waals surface area contributed by atoms with Crippen molar-refractivity contribution in [2.24, 2.45) is 0 Å². The summed E-state index contributed by atoms with van der Waals surface area (Å²) in [6.07, 6.45) is -3.78. The molecule has 0 radical (unpaired) electrons. The van der Waals surface area contributed by atoms with E-state index in [0.29, 0.717) is 16.8 Å². The molecule has 8 heteroatoms. The van der Waals surface area contributed by atoms with Gasteiger partial charge in [0, 0.05) is 16.9 Å². The number of aromatic nitrogens is 1. The van der Waals surface area contributed by atoms with Gasteiger partial charge >= 0.3 is 6.18 Å². The number of halogens is 5. The molecule has 2 aromatic rings. The first-order valence-electron chi connectivity index (χ1n) is 5.57. The van der Waals surface area contributed by atoms with E-state index in [0.717, 1.165) is 6.20 Å². The number of pyridine rings is 1. The summed E-state index contributed by atoms with van der Waals surface area (Å²) in [6, 6.07) is 6.77. The fourth-order valence-corrected chi connectivity index (χ4v) is 1.98. The maximum Gasteiger partial charge on any atom is 0.417 e. The van der Waals surface area contributed by atoms with Gasteiger partial charge in [-0.15, -0.1) is 0 Å². The normalized spacial score (nSPS) is 11.3. The highest BCUT2D eigenvalue weighted by atomic mass is 35.5. The van der Waals surface area contributed by atoms with Gasteiger partial charge in [-0.05, 0) is 30.3 Å². The van der Waals surface area contributed by atoms with Crippen LogP contribution in [0.25, 0.3) is 0 Å². The van der Waals surface area contributed by atoms with Crippen molar-refractivity contribution in [3.05, 3.63) is 57.8 Å². The van der Waals surface area contributed by atoms with Crippen LogP contribution < -0.4 is 5.32 Å². The number of carbonyl (C=O) groups is 1. The van der Waals surface area contributed by atoms with Crippen molar-refractivity contribution in [3.8, 4) is 0 Å². The Balaban J connectivity index is 2.30. The summed E-state index contributed by atoms with van der Waals surface area (Å²) in [7, 11) is 0. The van der Waals surface area contributed by atoms with Crippen LogP contribution in [-0.4, -0.2) is 10.9 Å². The number of alkyl halides is 3. The van der Waals surface area contributed by atoms with Crippen molar-refractivity contribution >= 4 is 34.8 Å². The Kier molecular flexibility index (Phi) is 4.39. The zero-order valence-electron chi connectivity index (χ0n) is 10.2. The van der Waals surface area contributed by atoms with Gasteiger partial charge in [0.2, 0.25) is 0 Å². The maximum atomic E-state index is 12.7. The van der Waals surface area contributed by atoms with E-state index in [2.05, 4.69) is 10.3 Å². The number of rotatable bonds is 2. The van der Waals surface area contributed by atoms with E-state index in [1.807, 2.05) is 0 Å². The third-order valence-corrected chi connectivity index (χ3v) is 3.15. The zero-order valence-corrected chi connectivity index (χ0v) is 11.7. The fraction of sp³-hybridized carbons (Fsp3) is 0.0769. The summed E-state index contributed by atoms with van der Waals surface area (Å²) in [6.45, 7) is 0. The monoisotopic (exact) mass is 334 g/mol.